The Kier molecular flexibility index (Phi) is 6.36. The summed E-state index contributed by atoms with van der Waals surface area (Å²) in [7, 11) is 0. The Morgan fingerprint density at radius 3 is 2.78 bits per heavy atom. The molecule has 0 heterocycles. The van der Waals surface area contributed by atoms with Crippen LogP contribution in [0.3, 0.4) is 0 Å². The highest BCUT2D eigenvalue weighted by Crippen LogP contribution is 2.15. The average Bonchev–Trinajstić information content (AvgIpc) is 1.91. The Labute approximate surface area is 64.8 Å². The van der Waals surface area contributed by atoms with Gasteiger partial charge in [0.15, 0.2) is 0 Å². The topological polar surface area (TPSA) is 26.0 Å². The van der Waals surface area contributed by atoms with Crippen LogP contribution in [0.4, 0.5) is 0 Å². The first-order valence-electron chi connectivity index (χ1n) is 2.54. The zero-order valence-electron chi connectivity index (χ0n) is 5.46. The average molecular weight is 161 g/mol. The Morgan fingerprint density at radius 2 is 2.44 bits per heavy atom. The maximum absolute atomic E-state index is 5.39. The lowest BCUT2D eigenvalue weighted by Crippen LogP contribution is -1.98. The molecule has 0 aliphatic heterocycles. The predicted octanol–water partition coefficient (Wildman–Crippen LogP) is 2.03. The summed E-state index contributed by atoms with van der Waals surface area (Å²) in [6, 6.07) is 0. The summed E-state index contributed by atoms with van der Waals surface area (Å²) in [5.41, 5.74) is 5.39. The van der Waals surface area contributed by atoms with Gasteiger partial charge in [0.2, 0.25) is 0 Å². The van der Waals surface area contributed by atoms with Crippen molar-refractivity contribution in [1.29, 1.82) is 0 Å². The fourth-order valence-electron chi connectivity index (χ4n) is 0.304. The molecule has 1 nitrogen and oxygen atoms in total. The van der Waals surface area contributed by atoms with Crippen LogP contribution < -0.4 is 5.73 Å². The minimum atomic E-state index is 0.627. The van der Waals surface area contributed by atoms with E-state index < -0.39 is 0 Å². The van der Waals surface area contributed by atoms with Crippen molar-refractivity contribution in [3.05, 3.63) is 22.3 Å². The van der Waals surface area contributed by atoms with Gasteiger partial charge in [-0.25, -0.2) is 0 Å². The van der Waals surface area contributed by atoms with Crippen molar-refractivity contribution in [3.63, 3.8) is 0 Å². The van der Waals surface area contributed by atoms with Crippen molar-refractivity contribution in [1.82, 2.24) is 0 Å². The van der Waals surface area contributed by atoms with E-state index in [2.05, 4.69) is 6.58 Å². The van der Waals surface area contributed by atoms with Gasteiger partial charge < -0.3 is 5.73 Å². The normalized spacial score (nSPS) is 11.6. The third-order valence-electron chi connectivity index (χ3n) is 0.759. The van der Waals surface area contributed by atoms with Crippen LogP contribution in [0.1, 0.15) is 0 Å². The highest BCUT2D eigenvalue weighted by molar-refractivity contribution is 8.07. The van der Waals surface area contributed by atoms with E-state index >= 15 is 0 Å². The fourth-order valence-corrected chi connectivity index (χ4v) is 1.37. The molecule has 0 aromatic rings. The first kappa shape index (κ1) is 9.14. The van der Waals surface area contributed by atoms with Crippen LogP contribution in [0, 0.1) is 0 Å². The van der Waals surface area contributed by atoms with Gasteiger partial charge in [-0.1, -0.05) is 6.58 Å². The summed E-state index contributed by atoms with van der Waals surface area (Å²) in [4.78, 5) is 1.19. The monoisotopic (exact) mass is 161 g/mol. The number of rotatable bonds is 4. The molecule has 0 aromatic heterocycles. The standard InChI is InChI=1S/C6H11NS2/c1-3-9-5-6(4-7)8-2/h3,5H,1,4,7H2,2H3. The lowest BCUT2D eigenvalue weighted by molar-refractivity contribution is 1.24. The van der Waals surface area contributed by atoms with E-state index in [1.807, 2.05) is 11.7 Å². The van der Waals surface area contributed by atoms with Crippen molar-refractivity contribution in [2.75, 3.05) is 12.8 Å². The maximum atomic E-state index is 5.39. The summed E-state index contributed by atoms with van der Waals surface area (Å²) in [5, 5.41) is 3.80. The third kappa shape index (κ3) is 4.63. The fraction of sp³-hybridized carbons (Fsp3) is 0.333. The zero-order chi connectivity index (χ0) is 7.11. The molecule has 0 rings (SSSR count). The van der Waals surface area contributed by atoms with Crippen LogP contribution in [0.25, 0.3) is 0 Å². The van der Waals surface area contributed by atoms with Crippen LogP contribution in [0.15, 0.2) is 22.3 Å². The van der Waals surface area contributed by atoms with E-state index in [4.69, 9.17) is 5.73 Å². The zero-order valence-corrected chi connectivity index (χ0v) is 7.10. The first-order chi connectivity index (χ1) is 4.35. The quantitative estimate of drug-likeness (QED) is 0.683. The van der Waals surface area contributed by atoms with Crippen LogP contribution in [0.5, 0.6) is 0 Å². The lowest BCUT2D eigenvalue weighted by atomic mass is 10.6. The second kappa shape index (κ2) is 6.26. The minimum Gasteiger partial charge on any atom is -0.326 e. The molecule has 0 amide bonds. The molecule has 0 aromatic carbocycles. The van der Waals surface area contributed by atoms with Crippen LogP contribution >= 0.6 is 23.5 Å². The second-order valence-corrected chi connectivity index (χ2v) is 3.07. The van der Waals surface area contributed by atoms with Gasteiger partial charge >= 0.3 is 0 Å². The van der Waals surface area contributed by atoms with E-state index in [0.717, 1.165) is 0 Å². The van der Waals surface area contributed by atoms with E-state index in [0.29, 0.717) is 6.54 Å². The number of thioether (sulfide) groups is 2. The molecule has 0 bridgehead atoms. The van der Waals surface area contributed by atoms with E-state index in [-0.39, 0.29) is 0 Å². The maximum Gasteiger partial charge on any atom is 0.0244 e. The molecule has 0 aliphatic rings. The molecule has 0 fully saturated rings. The summed E-state index contributed by atoms with van der Waals surface area (Å²) in [6.07, 6.45) is 2.02. The highest BCUT2D eigenvalue weighted by atomic mass is 32.2. The molecule has 52 valence electrons. The van der Waals surface area contributed by atoms with Crippen LogP contribution in [-0.4, -0.2) is 12.8 Å². The predicted molar refractivity (Wildman–Crippen MR) is 48.4 cm³/mol. The largest absolute Gasteiger partial charge is 0.326 e. The molecule has 3 heteroatoms. The Morgan fingerprint density at radius 1 is 1.78 bits per heavy atom. The Hall–Kier alpha value is 0.140. The van der Waals surface area contributed by atoms with Gasteiger partial charge in [-0.05, 0) is 17.1 Å². The number of hydrogen-bond acceptors (Lipinski definition) is 3. The molecule has 0 spiro atoms. The van der Waals surface area contributed by atoms with Crippen LogP contribution in [-0.2, 0) is 0 Å². The molecule has 0 saturated carbocycles. The second-order valence-electron chi connectivity index (χ2n) is 1.30. The van der Waals surface area contributed by atoms with Gasteiger partial charge in [0, 0.05) is 11.4 Å². The summed E-state index contributed by atoms with van der Waals surface area (Å²) in [5.74, 6) is 0. The van der Waals surface area contributed by atoms with Gasteiger partial charge in [0.25, 0.3) is 0 Å². The van der Waals surface area contributed by atoms with E-state index in [1.54, 1.807) is 28.9 Å². The Balaban J connectivity index is 3.60. The Bertz CT molecular complexity index is 104. The van der Waals surface area contributed by atoms with Gasteiger partial charge in [-0.15, -0.1) is 23.5 Å². The number of hydrogen-bond donors (Lipinski definition) is 1. The van der Waals surface area contributed by atoms with Crippen LogP contribution in [0.2, 0.25) is 0 Å². The van der Waals surface area contributed by atoms with Gasteiger partial charge in [0.05, 0.1) is 0 Å². The molecule has 2 N–H and O–H groups in total. The molecule has 0 aliphatic carbocycles. The van der Waals surface area contributed by atoms with Gasteiger partial charge in [-0.3, -0.25) is 0 Å². The third-order valence-corrected chi connectivity index (χ3v) is 2.33. The summed E-state index contributed by atoms with van der Waals surface area (Å²) < 4.78 is 0. The molecule has 0 atom stereocenters. The SMILES string of the molecule is C=CSC=C(CN)SC. The van der Waals surface area contributed by atoms with E-state index in [9.17, 15) is 0 Å². The smallest absolute Gasteiger partial charge is 0.0244 e. The molecular formula is C6H11NS2. The summed E-state index contributed by atoms with van der Waals surface area (Å²) >= 11 is 3.24. The van der Waals surface area contributed by atoms with Crippen molar-refractivity contribution < 1.29 is 0 Å². The van der Waals surface area contributed by atoms with Crippen molar-refractivity contribution in [3.8, 4) is 0 Å². The van der Waals surface area contributed by atoms with E-state index in [1.165, 1.54) is 4.91 Å². The molecular weight excluding hydrogens is 150 g/mol. The molecule has 9 heavy (non-hydrogen) atoms. The first-order valence-corrected chi connectivity index (χ1v) is 4.71. The summed E-state index contributed by atoms with van der Waals surface area (Å²) in [6.45, 7) is 4.20. The minimum absolute atomic E-state index is 0.627. The number of nitrogens with two attached hydrogens (primary N) is 1. The van der Waals surface area contributed by atoms with Crippen molar-refractivity contribution >= 4 is 23.5 Å². The molecule has 0 unspecified atom stereocenters. The molecule has 0 saturated heterocycles. The van der Waals surface area contributed by atoms with Crippen molar-refractivity contribution in [2.45, 2.75) is 0 Å². The highest BCUT2D eigenvalue weighted by Gasteiger charge is 1.86. The van der Waals surface area contributed by atoms with Gasteiger partial charge in [-0.2, -0.15) is 0 Å². The van der Waals surface area contributed by atoms with Crippen molar-refractivity contribution in [2.24, 2.45) is 5.73 Å². The molecule has 0 radical (unpaired) electrons. The lowest BCUT2D eigenvalue weighted by Gasteiger charge is -1.95. The van der Waals surface area contributed by atoms with Gasteiger partial charge in [0.1, 0.15) is 0 Å².